The molecule has 0 amide bonds. The molecule has 0 aliphatic carbocycles. The molecule has 0 saturated carbocycles. The van der Waals surface area contributed by atoms with Crippen molar-refractivity contribution >= 4 is 7.91 Å². The van der Waals surface area contributed by atoms with Crippen LogP contribution >= 0.6 is 7.91 Å². The van der Waals surface area contributed by atoms with E-state index in [4.69, 9.17) is 15.1 Å². The van der Waals surface area contributed by atoms with Crippen LogP contribution < -0.4 is 0 Å². The van der Waals surface area contributed by atoms with Gasteiger partial charge in [0.1, 0.15) is 0 Å². The number of hydrogen-bond acceptors (Lipinski definition) is 4. The van der Waals surface area contributed by atoms with E-state index in [2.05, 4.69) is 4.52 Å². The Bertz CT molecular complexity index is 187. The molecule has 0 spiro atoms. The normalized spacial score (nSPS) is 16.6. The zero-order valence-electron chi connectivity index (χ0n) is 8.98. The van der Waals surface area contributed by atoms with Crippen molar-refractivity contribution in [3.05, 3.63) is 0 Å². The molecule has 3 N–H and O–H groups in total. The van der Waals surface area contributed by atoms with Gasteiger partial charge in [0.25, 0.3) is 0 Å². The standard InChI is InChI=1S/C6H14O2.CH4FO3P/c1-5(2,7)6(3,4)8;1-5-6(2,3)4/h7-8H,1-4H3;1H3,(H,3,4). The second-order valence-corrected chi connectivity index (χ2v) is 5.02. The van der Waals surface area contributed by atoms with Crippen molar-refractivity contribution in [1.29, 1.82) is 0 Å². The first-order chi connectivity index (χ1) is 5.81. The molecule has 0 aliphatic rings. The molecule has 5 nitrogen and oxygen atoms in total. The van der Waals surface area contributed by atoms with Crippen molar-refractivity contribution in [2.45, 2.75) is 38.9 Å². The minimum Gasteiger partial charge on any atom is -0.387 e. The average molecular weight is 232 g/mol. The quantitative estimate of drug-likeness (QED) is 0.623. The van der Waals surface area contributed by atoms with Gasteiger partial charge in [-0.1, -0.05) is 0 Å². The third-order valence-electron chi connectivity index (χ3n) is 1.72. The van der Waals surface area contributed by atoms with E-state index in [9.17, 15) is 8.76 Å². The Hall–Kier alpha value is -0.0000000000000000278. The van der Waals surface area contributed by atoms with Crippen LogP contribution in [-0.4, -0.2) is 33.4 Å². The Balaban J connectivity index is 0. The minimum atomic E-state index is -4.65. The maximum Gasteiger partial charge on any atom is 0.510 e. The molecule has 88 valence electrons. The van der Waals surface area contributed by atoms with Gasteiger partial charge in [-0.3, -0.25) is 9.42 Å². The fourth-order valence-corrected chi connectivity index (χ4v) is 0. The molecule has 14 heavy (non-hydrogen) atoms. The predicted octanol–water partition coefficient (Wildman–Crippen LogP) is 1.23. The first kappa shape index (κ1) is 16.4. The van der Waals surface area contributed by atoms with Crippen molar-refractivity contribution in [3.63, 3.8) is 0 Å². The lowest BCUT2D eigenvalue weighted by molar-refractivity contribution is -0.107. The monoisotopic (exact) mass is 232 g/mol. The van der Waals surface area contributed by atoms with Crippen LogP contribution in [0.2, 0.25) is 0 Å². The smallest absolute Gasteiger partial charge is 0.387 e. The van der Waals surface area contributed by atoms with Gasteiger partial charge >= 0.3 is 7.91 Å². The molecule has 0 aromatic heterocycles. The first-order valence-corrected chi connectivity index (χ1v) is 5.31. The number of halogens is 1. The molecule has 0 fully saturated rings. The van der Waals surface area contributed by atoms with E-state index in [1.54, 1.807) is 27.7 Å². The van der Waals surface area contributed by atoms with Crippen LogP contribution in [-0.2, 0) is 9.09 Å². The lowest BCUT2D eigenvalue weighted by Gasteiger charge is -2.31. The van der Waals surface area contributed by atoms with E-state index >= 15 is 0 Å². The van der Waals surface area contributed by atoms with Crippen LogP contribution in [0.1, 0.15) is 27.7 Å². The molecule has 0 saturated heterocycles. The molecule has 0 aromatic carbocycles. The summed E-state index contributed by atoms with van der Waals surface area (Å²) in [5.41, 5.74) is -2.01. The van der Waals surface area contributed by atoms with Gasteiger partial charge in [-0.05, 0) is 27.7 Å². The predicted molar refractivity (Wildman–Crippen MR) is 50.5 cm³/mol. The Kier molecular flexibility index (Phi) is 6.09. The summed E-state index contributed by atoms with van der Waals surface area (Å²) in [6.45, 7) is 6.31. The Labute approximate surface area is 83.2 Å². The van der Waals surface area contributed by atoms with E-state index in [1.807, 2.05) is 0 Å². The Morgan fingerprint density at radius 1 is 1.14 bits per heavy atom. The van der Waals surface area contributed by atoms with Crippen LogP contribution in [0.5, 0.6) is 0 Å². The summed E-state index contributed by atoms with van der Waals surface area (Å²) in [5.74, 6) is 0. The van der Waals surface area contributed by atoms with Crippen molar-refractivity contribution in [1.82, 2.24) is 0 Å². The van der Waals surface area contributed by atoms with E-state index in [0.29, 0.717) is 0 Å². The number of hydrogen-bond donors (Lipinski definition) is 3. The van der Waals surface area contributed by atoms with Gasteiger partial charge in [0.2, 0.25) is 0 Å². The van der Waals surface area contributed by atoms with Gasteiger partial charge < -0.3 is 10.2 Å². The van der Waals surface area contributed by atoms with E-state index in [-0.39, 0.29) is 0 Å². The van der Waals surface area contributed by atoms with Gasteiger partial charge in [-0.2, -0.15) is 0 Å². The average Bonchev–Trinajstić information content (AvgIpc) is 1.82. The summed E-state index contributed by atoms with van der Waals surface area (Å²) < 4.78 is 23.6. The summed E-state index contributed by atoms with van der Waals surface area (Å²) in [4.78, 5) is 7.49. The topological polar surface area (TPSA) is 87.0 Å². The molecule has 0 radical (unpaired) electrons. The largest absolute Gasteiger partial charge is 0.510 e. The van der Waals surface area contributed by atoms with Gasteiger partial charge in [0.05, 0.1) is 11.2 Å². The van der Waals surface area contributed by atoms with Crippen LogP contribution in [0.4, 0.5) is 4.20 Å². The van der Waals surface area contributed by atoms with E-state index < -0.39 is 19.1 Å². The van der Waals surface area contributed by atoms with E-state index in [0.717, 1.165) is 7.11 Å². The Morgan fingerprint density at radius 2 is 1.29 bits per heavy atom. The highest BCUT2D eigenvalue weighted by atomic mass is 31.2. The van der Waals surface area contributed by atoms with Crippen molar-refractivity contribution in [2.75, 3.05) is 7.11 Å². The zero-order valence-corrected chi connectivity index (χ0v) is 9.88. The van der Waals surface area contributed by atoms with Crippen LogP contribution in [0.3, 0.4) is 0 Å². The third kappa shape index (κ3) is 10.1. The third-order valence-corrected chi connectivity index (χ3v) is 2.17. The molecule has 7 heteroatoms. The molecular weight excluding hydrogens is 214 g/mol. The second kappa shape index (κ2) is 5.19. The van der Waals surface area contributed by atoms with Gasteiger partial charge in [-0.25, -0.2) is 4.57 Å². The lowest BCUT2D eigenvalue weighted by Crippen LogP contribution is -2.44. The summed E-state index contributed by atoms with van der Waals surface area (Å²) in [5, 5.41) is 18.2. The summed E-state index contributed by atoms with van der Waals surface area (Å²) in [6, 6.07) is 0. The minimum absolute atomic E-state index is 0.820. The van der Waals surface area contributed by atoms with Gasteiger partial charge in [0.15, 0.2) is 0 Å². The Morgan fingerprint density at radius 3 is 1.29 bits per heavy atom. The van der Waals surface area contributed by atoms with Crippen molar-refractivity contribution < 1.29 is 28.4 Å². The number of rotatable bonds is 2. The highest BCUT2D eigenvalue weighted by Crippen LogP contribution is 2.41. The zero-order chi connectivity index (χ0) is 12.2. The molecule has 0 aliphatic heterocycles. The summed E-state index contributed by atoms with van der Waals surface area (Å²) in [7, 11) is -3.83. The lowest BCUT2D eigenvalue weighted by atomic mass is 9.90. The fourth-order valence-electron chi connectivity index (χ4n) is 0. The SMILES string of the molecule is CC(C)(O)C(C)(C)O.COP(=O)(O)F. The van der Waals surface area contributed by atoms with Gasteiger partial charge in [-0.15, -0.1) is 4.20 Å². The molecule has 1 atom stereocenters. The van der Waals surface area contributed by atoms with Crippen LogP contribution in [0.15, 0.2) is 0 Å². The molecule has 0 aromatic rings. The molecule has 0 bridgehead atoms. The molecule has 1 unspecified atom stereocenters. The van der Waals surface area contributed by atoms with Gasteiger partial charge in [0, 0.05) is 7.11 Å². The van der Waals surface area contributed by atoms with Crippen LogP contribution in [0, 0.1) is 0 Å². The fraction of sp³-hybridized carbons (Fsp3) is 1.00. The maximum atomic E-state index is 11.0. The summed E-state index contributed by atoms with van der Waals surface area (Å²) in [6.07, 6.45) is 0. The van der Waals surface area contributed by atoms with Crippen molar-refractivity contribution in [3.8, 4) is 0 Å². The molecule has 0 rings (SSSR count). The number of aliphatic hydroxyl groups is 2. The highest BCUT2D eigenvalue weighted by Gasteiger charge is 2.31. The molecule has 0 heterocycles. The van der Waals surface area contributed by atoms with E-state index in [1.165, 1.54) is 0 Å². The highest BCUT2D eigenvalue weighted by molar-refractivity contribution is 7.46. The van der Waals surface area contributed by atoms with Crippen molar-refractivity contribution in [2.24, 2.45) is 0 Å². The second-order valence-electron chi connectivity index (χ2n) is 3.75. The molecular formula is C7H18FO5P. The first-order valence-electron chi connectivity index (χ1n) is 3.84. The summed E-state index contributed by atoms with van der Waals surface area (Å²) >= 11 is 0. The maximum absolute atomic E-state index is 11.0. The van der Waals surface area contributed by atoms with Crippen LogP contribution in [0.25, 0.3) is 0 Å².